The van der Waals surface area contributed by atoms with Crippen LogP contribution in [0.3, 0.4) is 0 Å². The summed E-state index contributed by atoms with van der Waals surface area (Å²) < 4.78 is 15.4. The number of carbonyl (C=O) groups is 1. The van der Waals surface area contributed by atoms with Crippen molar-refractivity contribution in [1.82, 2.24) is 15.6 Å². The van der Waals surface area contributed by atoms with Crippen LogP contribution in [-0.2, 0) is 11.3 Å². The molecule has 1 fully saturated rings. The summed E-state index contributed by atoms with van der Waals surface area (Å²) in [5.41, 5.74) is 4.33. The molecule has 1 aromatic carbocycles. The number of aromatic nitrogens is 1. The van der Waals surface area contributed by atoms with Crippen LogP contribution in [0.5, 0.6) is 0 Å². The van der Waals surface area contributed by atoms with Crippen molar-refractivity contribution < 1.29 is 9.18 Å². The highest BCUT2D eigenvalue weighted by Gasteiger charge is 2.18. The van der Waals surface area contributed by atoms with Gasteiger partial charge < -0.3 is 10.6 Å². The third-order valence-electron chi connectivity index (χ3n) is 5.94. The SMILES string of the molecule is C=C(NC(=C/CCC)/C=C(\C)c1ccc(C#CC2CC2)cn1)c1c(Cl)ccc(CNC(=O)C(C)C)c1F. The molecule has 3 rings (SSSR count). The lowest BCUT2D eigenvalue weighted by atomic mass is 10.1. The van der Waals surface area contributed by atoms with E-state index in [1.807, 2.05) is 31.2 Å². The summed E-state index contributed by atoms with van der Waals surface area (Å²) in [5.74, 6) is 6.14. The predicted octanol–water partition coefficient (Wildman–Crippen LogP) is 7.26. The standard InChI is InChI=1S/C31H35ClFN3O/c1-6-7-8-26(17-21(4)28-16-13-24(18-34-28)12-11-23-9-10-23)36-22(5)29-27(32)15-14-25(30(29)33)19-35-31(37)20(2)3/h8,13-18,20,23,36H,5-7,9-10,19H2,1-4H3,(H,35,37)/b21-17+,26-8+. The molecule has 1 aromatic heterocycles. The fourth-order valence-corrected chi connectivity index (χ4v) is 3.76. The second-order valence-electron chi connectivity index (χ2n) is 9.62. The first-order valence-corrected chi connectivity index (χ1v) is 13.1. The number of allylic oxidation sites excluding steroid dienone is 3. The van der Waals surface area contributed by atoms with Gasteiger partial charge >= 0.3 is 0 Å². The Kier molecular flexibility index (Phi) is 10.1. The van der Waals surface area contributed by atoms with E-state index in [4.69, 9.17) is 11.6 Å². The zero-order valence-electron chi connectivity index (χ0n) is 22.1. The average molecular weight is 520 g/mol. The molecule has 0 bridgehead atoms. The van der Waals surface area contributed by atoms with Crippen molar-refractivity contribution in [3.63, 3.8) is 0 Å². The molecule has 6 heteroatoms. The minimum Gasteiger partial charge on any atom is -0.356 e. The molecule has 0 unspecified atom stereocenters. The molecule has 37 heavy (non-hydrogen) atoms. The third kappa shape index (κ3) is 8.33. The number of hydrogen-bond acceptors (Lipinski definition) is 3. The Morgan fingerprint density at radius 2 is 2.05 bits per heavy atom. The number of unbranched alkanes of at least 4 members (excludes halogenated alkanes) is 1. The zero-order chi connectivity index (χ0) is 26.9. The average Bonchev–Trinajstić information content (AvgIpc) is 3.70. The molecule has 1 aliphatic rings. The Morgan fingerprint density at radius 3 is 2.68 bits per heavy atom. The smallest absolute Gasteiger partial charge is 0.222 e. The van der Waals surface area contributed by atoms with Gasteiger partial charge in [-0.2, -0.15) is 0 Å². The molecule has 1 amide bonds. The highest BCUT2D eigenvalue weighted by molar-refractivity contribution is 6.32. The number of rotatable bonds is 10. The number of benzene rings is 1. The van der Waals surface area contributed by atoms with Crippen molar-refractivity contribution >= 4 is 28.8 Å². The van der Waals surface area contributed by atoms with E-state index < -0.39 is 5.82 Å². The third-order valence-corrected chi connectivity index (χ3v) is 6.25. The quantitative estimate of drug-likeness (QED) is 0.256. The Bertz CT molecular complexity index is 1260. The summed E-state index contributed by atoms with van der Waals surface area (Å²) in [6, 6.07) is 7.14. The molecule has 0 atom stereocenters. The maximum atomic E-state index is 15.4. The largest absolute Gasteiger partial charge is 0.356 e. The van der Waals surface area contributed by atoms with Gasteiger partial charge in [0.1, 0.15) is 5.82 Å². The van der Waals surface area contributed by atoms with Crippen LogP contribution in [0.2, 0.25) is 5.02 Å². The lowest BCUT2D eigenvalue weighted by Crippen LogP contribution is -2.27. The van der Waals surface area contributed by atoms with Crippen molar-refractivity contribution in [2.75, 3.05) is 0 Å². The zero-order valence-corrected chi connectivity index (χ0v) is 22.8. The number of halogens is 2. The molecule has 0 aliphatic heterocycles. The van der Waals surface area contributed by atoms with E-state index in [1.54, 1.807) is 32.2 Å². The Morgan fingerprint density at radius 1 is 1.30 bits per heavy atom. The van der Waals surface area contributed by atoms with E-state index in [9.17, 15) is 4.79 Å². The molecule has 2 N–H and O–H groups in total. The number of amides is 1. The second kappa shape index (κ2) is 13.3. The minimum atomic E-state index is -0.505. The van der Waals surface area contributed by atoms with E-state index in [0.29, 0.717) is 17.2 Å². The highest BCUT2D eigenvalue weighted by atomic mass is 35.5. The number of pyridine rings is 1. The van der Waals surface area contributed by atoms with Crippen LogP contribution in [0.1, 0.15) is 75.8 Å². The maximum absolute atomic E-state index is 15.4. The van der Waals surface area contributed by atoms with Gasteiger partial charge in [-0.1, -0.05) is 69.4 Å². The van der Waals surface area contributed by atoms with Crippen LogP contribution in [-0.4, -0.2) is 10.9 Å². The van der Waals surface area contributed by atoms with E-state index in [0.717, 1.165) is 35.4 Å². The van der Waals surface area contributed by atoms with Crippen molar-refractivity contribution in [2.45, 2.75) is 59.9 Å². The van der Waals surface area contributed by atoms with Gasteiger partial charge in [0.05, 0.1) is 16.3 Å². The number of nitrogens with one attached hydrogen (secondary N) is 2. The first-order valence-electron chi connectivity index (χ1n) is 12.8. The molecule has 0 saturated heterocycles. The highest BCUT2D eigenvalue weighted by Crippen LogP contribution is 2.29. The van der Waals surface area contributed by atoms with Crippen LogP contribution in [0.4, 0.5) is 4.39 Å². The normalized spacial score (nSPS) is 13.7. The molecule has 1 saturated carbocycles. The molecule has 4 nitrogen and oxygen atoms in total. The van der Waals surface area contributed by atoms with E-state index in [-0.39, 0.29) is 29.0 Å². The van der Waals surface area contributed by atoms with Crippen molar-refractivity contribution in [2.24, 2.45) is 11.8 Å². The van der Waals surface area contributed by atoms with Gasteiger partial charge in [-0.05, 0) is 56.0 Å². The first-order chi connectivity index (χ1) is 17.7. The van der Waals surface area contributed by atoms with E-state index in [2.05, 4.69) is 41.0 Å². The van der Waals surface area contributed by atoms with Gasteiger partial charge in [-0.25, -0.2) is 4.39 Å². The Labute approximate surface area is 225 Å². The van der Waals surface area contributed by atoms with E-state index >= 15 is 4.39 Å². The Balaban J connectivity index is 1.79. The maximum Gasteiger partial charge on any atom is 0.222 e. The summed E-state index contributed by atoms with van der Waals surface area (Å²) in [5, 5.41) is 6.23. The Hall–Kier alpha value is -3.36. The number of carbonyl (C=O) groups excluding carboxylic acids is 1. The van der Waals surface area contributed by atoms with Crippen LogP contribution in [0.15, 0.2) is 54.9 Å². The lowest BCUT2D eigenvalue weighted by Gasteiger charge is -2.17. The predicted molar refractivity (Wildman–Crippen MR) is 151 cm³/mol. The van der Waals surface area contributed by atoms with Crippen molar-refractivity contribution in [3.05, 3.63) is 88.1 Å². The van der Waals surface area contributed by atoms with Crippen LogP contribution in [0, 0.1) is 29.5 Å². The monoisotopic (exact) mass is 519 g/mol. The van der Waals surface area contributed by atoms with Gasteiger partial charge in [-0.15, -0.1) is 0 Å². The molecule has 194 valence electrons. The molecule has 1 heterocycles. The second-order valence-corrected chi connectivity index (χ2v) is 10.0. The summed E-state index contributed by atoms with van der Waals surface area (Å²) in [4.78, 5) is 16.5. The van der Waals surface area contributed by atoms with Gasteiger partial charge in [0.25, 0.3) is 0 Å². The topological polar surface area (TPSA) is 54.0 Å². The van der Waals surface area contributed by atoms with E-state index in [1.165, 1.54) is 12.8 Å². The summed E-state index contributed by atoms with van der Waals surface area (Å²) in [6.45, 7) is 11.8. The summed E-state index contributed by atoms with van der Waals surface area (Å²) >= 11 is 6.38. The number of nitrogens with zero attached hydrogens (tertiary/aromatic N) is 1. The molecule has 1 aliphatic carbocycles. The number of hydrogen-bond donors (Lipinski definition) is 2. The molecule has 0 spiro atoms. The van der Waals surface area contributed by atoms with Crippen LogP contribution < -0.4 is 10.6 Å². The van der Waals surface area contributed by atoms with Gasteiger partial charge in [0.15, 0.2) is 0 Å². The lowest BCUT2D eigenvalue weighted by molar-refractivity contribution is -0.124. The minimum absolute atomic E-state index is 0.0739. The summed E-state index contributed by atoms with van der Waals surface area (Å²) in [6.07, 6.45) is 9.99. The van der Waals surface area contributed by atoms with Crippen LogP contribution >= 0.6 is 11.6 Å². The molecular weight excluding hydrogens is 485 g/mol. The van der Waals surface area contributed by atoms with Gasteiger partial charge in [0.2, 0.25) is 5.91 Å². The van der Waals surface area contributed by atoms with Crippen molar-refractivity contribution in [1.29, 1.82) is 0 Å². The van der Waals surface area contributed by atoms with Gasteiger partial charge in [-0.3, -0.25) is 9.78 Å². The fraction of sp³-hybridized carbons (Fsp3) is 0.355. The fourth-order valence-electron chi connectivity index (χ4n) is 3.50. The molecule has 2 aromatic rings. The molecule has 0 radical (unpaired) electrons. The first kappa shape index (κ1) is 28.2. The molecular formula is C31H35ClFN3O. The van der Waals surface area contributed by atoms with Gasteiger partial charge in [0, 0.05) is 47.1 Å². The summed E-state index contributed by atoms with van der Waals surface area (Å²) in [7, 11) is 0. The van der Waals surface area contributed by atoms with Crippen molar-refractivity contribution in [3.8, 4) is 11.8 Å². The van der Waals surface area contributed by atoms with Crippen LogP contribution in [0.25, 0.3) is 11.3 Å².